The van der Waals surface area contributed by atoms with Crippen LogP contribution in [0.4, 0.5) is 0 Å². The van der Waals surface area contributed by atoms with E-state index >= 15 is 0 Å². The van der Waals surface area contributed by atoms with Crippen molar-refractivity contribution in [2.45, 2.75) is 11.7 Å². The van der Waals surface area contributed by atoms with Crippen LogP contribution in [0, 0.1) is 0 Å². The topological polar surface area (TPSA) is 80.3 Å². The summed E-state index contributed by atoms with van der Waals surface area (Å²) in [5.74, 6) is -2.94. The monoisotopic (exact) mass is 188 g/mol. The minimum Gasteiger partial charge on any atom is -0.550 e. The van der Waals surface area contributed by atoms with Crippen LogP contribution in [0.25, 0.3) is 0 Å². The summed E-state index contributed by atoms with van der Waals surface area (Å²) in [5.41, 5.74) is 0. The minimum absolute atomic E-state index is 0. The van der Waals surface area contributed by atoms with Crippen molar-refractivity contribution in [1.82, 2.24) is 0 Å². The molecule has 0 aromatic heterocycles. The van der Waals surface area contributed by atoms with Gasteiger partial charge in [-0.15, -0.1) is 0 Å². The van der Waals surface area contributed by atoms with Crippen LogP contribution >= 0.6 is 12.6 Å². The zero-order chi connectivity index (χ0) is 7.44. The van der Waals surface area contributed by atoms with Crippen molar-refractivity contribution in [3.8, 4) is 0 Å². The smallest absolute Gasteiger partial charge is 0.550 e. The fraction of sp³-hybridized carbons (Fsp3) is 0.500. The van der Waals surface area contributed by atoms with Gasteiger partial charge in [0.15, 0.2) is 0 Å². The van der Waals surface area contributed by atoms with Gasteiger partial charge in [-0.05, 0) is 0 Å². The van der Waals surface area contributed by atoms with Crippen molar-refractivity contribution in [2.75, 3.05) is 0 Å². The zero-order valence-electron chi connectivity index (χ0n) is 5.07. The Kier molecular flexibility index (Phi) is 8.26. The van der Waals surface area contributed by atoms with E-state index in [0.717, 1.165) is 0 Å². The molecule has 1 unspecified atom stereocenters. The largest absolute Gasteiger partial charge is 2.00 e. The first-order valence-corrected chi connectivity index (χ1v) is 2.64. The van der Waals surface area contributed by atoms with Gasteiger partial charge < -0.3 is 19.8 Å². The third kappa shape index (κ3) is 6.67. The Balaban J connectivity index is 0. The van der Waals surface area contributed by atoms with Crippen molar-refractivity contribution < 1.29 is 19.8 Å². The molecule has 1 atom stereocenters. The van der Waals surface area contributed by atoms with Gasteiger partial charge in [0.25, 0.3) is 0 Å². The van der Waals surface area contributed by atoms with Crippen molar-refractivity contribution in [1.29, 1.82) is 0 Å². The van der Waals surface area contributed by atoms with Crippen molar-refractivity contribution in [3.63, 3.8) is 0 Å². The van der Waals surface area contributed by atoms with Gasteiger partial charge in [0, 0.05) is 17.6 Å². The third-order valence-corrected chi connectivity index (χ3v) is 1.03. The molecule has 0 saturated carbocycles. The maximum Gasteiger partial charge on any atom is 2.00 e. The number of carboxylic acid groups (broad SMARTS) is 2. The van der Waals surface area contributed by atoms with Crippen LogP contribution in [0.1, 0.15) is 6.42 Å². The van der Waals surface area contributed by atoms with Crippen LogP contribution in [0.3, 0.4) is 0 Å². The number of hydrogen-bond acceptors (Lipinski definition) is 5. The number of aliphatic carboxylic acids is 2. The number of thiol groups is 1. The predicted octanol–water partition coefficient (Wildman–Crippen LogP) is -3.21. The van der Waals surface area contributed by atoms with E-state index in [-0.39, 0.29) is 37.7 Å². The Morgan fingerprint density at radius 1 is 1.40 bits per heavy atom. The van der Waals surface area contributed by atoms with Gasteiger partial charge in [-0.2, -0.15) is 12.6 Å². The summed E-state index contributed by atoms with van der Waals surface area (Å²) in [7, 11) is 0. The first kappa shape index (κ1) is 13.2. The summed E-state index contributed by atoms with van der Waals surface area (Å²) in [4.78, 5) is 19.4. The zero-order valence-corrected chi connectivity index (χ0v) is 8.17. The Labute approximate surface area is 93.0 Å². The molecule has 0 rings (SSSR count). The number of rotatable bonds is 3. The maximum absolute atomic E-state index is 9.76. The van der Waals surface area contributed by atoms with Crippen LogP contribution in [-0.2, 0) is 9.59 Å². The molecular formula is C4H4CaO4S. The molecule has 0 aliphatic heterocycles. The Morgan fingerprint density at radius 2 is 1.80 bits per heavy atom. The Bertz CT molecular complexity index is 137. The van der Waals surface area contributed by atoms with Crippen LogP contribution in [0.2, 0.25) is 0 Å². The quantitative estimate of drug-likeness (QED) is 0.373. The van der Waals surface area contributed by atoms with Gasteiger partial charge in [-0.1, -0.05) is 0 Å². The summed E-state index contributed by atoms with van der Waals surface area (Å²) in [6, 6.07) is 0. The van der Waals surface area contributed by atoms with Crippen LogP contribution < -0.4 is 10.2 Å². The van der Waals surface area contributed by atoms with Crippen LogP contribution in [0.15, 0.2) is 0 Å². The first-order valence-electron chi connectivity index (χ1n) is 2.13. The molecule has 0 spiro atoms. The van der Waals surface area contributed by atoms with E-state index in [1.807, 2.05) is 0 Å². The minimum atomic E-state index is -1.50. The molecule has 0 radical (unpaired) electrons. The van der Waals surface area contributed by atoms with E-state index in [2.05, 4.69) is 12.6 Å². The fourth-order valence-corrected chi connectivity index (χ4v) is 0.390. The Hall–Kier alpha value is 0.550. The van der Waals surface area contributed by atoms with Crippen molar-refractivity contribution in [2.24, 2.45) is 0 Å². The van der Waals surface area contributed by atoms with E-state index in [4.69, 9.17) is 0 Å². The summed E-state index contributed by atoms with van der Waals surface area (Å²) < 4.78 is 0. The number of carboxylic acids is 2. The molecule has 0 heterocycles. The van der Waals surface area contributed by atoms with Crippen LogP contribution in [0.5, 0.6) is 0 Å². The molecular weight excluding hydrogens is 184 g/mol. The molecule has 0 aliphatic rings. The van der Waals surface area contributed by atoms with Crippen LogP contribution in [-0.4, -0.2) is 54.9 Å². The van der Waals surface area contributed by atoms with Gasteiger partial charge >= 0.3 is 37.7 Å². The molecule has 0 amide bonds. The molecule has 0 fully saturated rings. The summed E-state index contributed by atoms with van der Waals surface area (Å²) in [5, 5.41) is 18.2. The number of carbonyl (C=O) groups excluding carboxylic acids is 2. The molecule has 0 aromatic carbocycles. The maximum atomic E-state index is 9.76. The van der Waals surface area contributed by atoms with Gasteiger partial charge in [-0.3, -0.25) is 0 Å². The van der Waals surface area contributed by atoms with Gasteiger partial charge in [-0.25, -0.2) is 0 Å². The van der Waals surface area contributed by atoms with E-state index in [0.29, 0.717) is 0 Å². The fourth-order valence-electron chi connectivity index (χ4n) is 0.241. The number of carbonyl (C=O) groups is 2. The SMILES string of the molecule is O=C([O-])CC(S)C(=O)[O-].[Ca+2]. The van der Waals surface area contributed by atoms with Gasteiger partial charge in [0.05, 0.1) is 5.97 Å². The van der Waals surface area contributed by atoms with Crippen molar-refractivity contribution >= 4 is 62.3 Å². The second-order valence-electron chi connectivity index (χ2n) is 1.41. The average molecular weight is 188 g/mol. The molecule has 6 heteroatoms. The molecule has 0 aromatic rings. The number of hydrogen-bond donors (Lipinski definition) is 1. The van der Waals surface area contributed by atoms with Crippen molar-refractivity contribution in [3.05, 3.63) is 0 Å². The third-order valence-electron chi connectivity index (χ3n) is 0.632. The molecule has 0 N–H and O–H groups in total. The van der Waals surface area contributed by atoms with Gasteiger partial charge in [0.2, 0.25) is 0 Å². The molecule has 0 aliphatic carbocycles. The molecule has 52 valence electrons. The van der Waals surface area contributed by atoms with E-state index in [9.17, 15) is 19.8 Å². The molecule has 0 bridgehead atoms. The van der Waals surface area contributed by atoms with Gasteiger partial charge in [0.1, 0.15) is 0 Å². The second-order valence-corrected chi connectivity index (χ2v) is 2.03. The summed E-state index contributed by atoms with van der Waals surface area (Å²) in [6.07, 6.45) is -0.620. The predicted molar refractivity (Wildman–Crippen MR) is 33.2 cm³/mol. The van der Waals surface area contributed by atoms with E-state index in [1.54, 1.807) is 0 Å². The molecule has 0 saturated heterocycles. The Morgan fingerprint density at radius 3 is 1.90 bits per heavy atom. The second kappa shape index (κ2) is 6.27. The molecule has 4 nitrogen and oxygen atoms in total. The molecule has 10 heavy (non-hydrogen) atoms. The normalized spacial score (nSPS) is 11.3. The summed E-state index contributed by atoms with van der Waals surface area (Å²) >= 11 is 3.38. The summed E-state index contributed by atoms with van der Waals surface area (Å²) in [6.45, 7) is 0. The standard InChI is InChI=1S/C4H6O4S.Ca/c5-3(6)1-2(9)4(7)8;/h2,9H,1H2,(H,5,6)(H,7,8);/q;+2/p-2. The first-order chi connectivity index (χ1) is 4.04. The van der Waals surface area contributed by atoms with E-state index in [1.165, 1.54) is 0 Å². The van der Waals surface area contributed by atoms with E-state index < -0.39 is 23.6 Å². The average Bonchev–Trinajstić information content (AvgIpc) is 1.63.